The second-order valence-corrected chi connectivity index (χ2v) is 12.0. The van der Waals surface area contributed by atoms with Gasteiger partial charge in [-0.15, -0.1) is 16.4 Å². The van der Waals surface area contributed by atoms with Gasteiger partial charge in [0.1, 0.15) is 24.6 Å². The van der Waals surface area contributed by atoms with Crippen LogP contribution in [0.5, 0.6) is 5.75 Å². The Morgan fingerprint density at radius 3 is 2.51 bits per heavy atom. The molecule has 0 spiro atoms. The van der Waals surface area contributed by atoms with Gasteiger partial charge in [-0.25, -0.2) is 23.2 Å². The highest BCUT2D eigenvalue weighted by molar-refractivity contribution is 7.91. The van der Waals surface area contributed by atoms with Gasteiger partial charge in [-0.2, -0.15) is 0 Å². The number of piperazine rings is 1. The van der Waals surface area contributed by atoms with Crippen LogP contribution < -0.4 is 14.8 Å². The number of amides is 1. The van der Waals surface area contributed by atoms with E-state index in [1.165, 1.54) is 4.68 Å². The number of hydrogen-bond acceptors (Lipinski definition) is 9. The van der Waals surface area contributed by atoms with Crippen LogP contribution in [0.25, 0.3) is 10.2 Å². The van der Waals surface area contributed by atoms with Crippen molar-refractivity contribution in [2.45, 2.75) is 17.5 Å². The minimum absolute atomic E-state index is 0.0533. The minimum Gasteiger partial charge on any atom is -0.487 e. The number of aromatic nitrogens is 4. The van der Waals surface area contributed by atoms with Gasteiger partial charge in [-0.05, 0) is 36.4 Å². The van der Waals surface area contributed by atoms with Gasteiger partial charge in [0.2, 0.25) is 10.2 Å². The molecule has 1 aliphatic heterocycles. The van der Waals surface area contributed by atoms with Crippen molar-refractivity contribution in [1.82, 2.24) is 24.9 Å². The zero-order valence-corrected chi connectivity index (χ0v) is 22.4. The number of sulfonamides is 1. The molecule has 0 bridgehead atoms. The molecule has 37 heavy (non-hydrogen) atoms. The van der Waals surface area contributed by atoms with Crippen LogP contribution in [0.3, 0.4) is 0 Å². The van der Waals surface area contributed by atoms with E-state index in [-0.39, 0.29) is 23.4 Å². The fraction of sp³-hybridized carbons (Fsp3) is 0.273. The number of fused-ring (bicyclic) bond motifs is 1. The van der Waals surface area contributed by atoms with Crippen molar-refractivity contribution in [2.75, 3.05) is 31.1 Å². The van der Waals surface area contributed by atoms with E-state index in [1.54, 1.807) is 35.4 Å². The number of nitrogens with two attached hydrogens (primary N) is 1. The Balaban J connectivity index is 1.14. The lowest BCUT2D eigenvalue weighted by Gasteiger charge is -2.36. The molecule has 2 N–H and O–H groups in total. The van der Waals surface area contributed by atoms with Crippen molar-refractivity contribution in [3.05, 3.63) is 58.3 Å². The maximum atomic E-state index is 12.8. The average molecular weight is 582 g/mol. The molecule has 11 nitrogen and oxygen atoms in total. The van der Waals surface area contributed by atoms with E-state index >= 15 is 0 Å². The third kappa shape index (κ3) is 6.13. The molecule has 15 heteroatoms. The lowest BCUT2D eigenvalue weighted by Crippen LogP contribution is -2.49. The van der Waals surface area contributed by atoms with Crippen molar-refractivity contribution in [3.63, 3.8) is 0 Å². The Bertz CT molecular complexity index is 1550. The van der Waals surface area contributed by atoms with Crippen molar-refractivity contribution in [3.8, 4) is 5.75 Å². The van der Waals surface area contributed by atoms with Crippen LogP contribution >= 0.6 is 34.5 Å². The molecule has 5 rings (SSSR count). The SMILES string of the molecule is NS(=O)(=O)c1nc2ccc(OCc3cn(CC(=O)N4CCN(c5cc(Cl)cc(Cl)c5)CC4)nn3)cc2s1. The van der Waals surface area contributed by atoms with Gasteiger partial charge in [0, 0.05) is 41.9 Å². The molecular weight excluding hydrogens is 561 g/mol. The van der Waals surface area contributed by atoms with Crippen LogP contribution in [-0.4, -0.2) is 65.4 Å². The summed E-state index contributed by atoms with van der Waals surface area (Å²) in [6, 6.07) is 10.4. The van der Waals surface area contributed by atoms with Crippen LogP contribution in [0.2, 0.25) is 10.0 Å². The lowest BCUT2D eigenvalue weighted by molar-refractivity contribution is -0.132. The van der Waals surface area contributed by atoms with E-state index in [0.717, 1.165) is 17.0 Å². The first-order valence-corrected chi connectivity index (χ1v) is 14.2. The van der Waals surface area contributed by atoms with Crippen molar-refractivity contribution >= 4 is 66.4 Å². The summed E-state index contributed by atoms with van der Waals surface area (Å²) in [4.78, 5) is 20.7. The van der Waals surface area contributed by atoms with E-state index in [9.17, 15) is 13.2 Å². The Labute approximate surface area is 226 Å². The summed E-state index contributed by atoms with van der Waals surface area (Å²) in [5, 5.41) is 14.4. The molecule has 1 saturated heterocycles. The summed E-state index contributed by atoms with van der Waals surface area (Å²) in [5.74, 6) is 0.462. The third-order valence-corrected chi connectivity index (χ3v) is 8.47. The molecule has 0 unspecified atom stereocenters. The largest absolute Gasteiger partial charge is 0.487 e. The number of carbonyl (C=O) groups is 1. The van der Waals surface area contributed by atoms with Gasteiger partial charge in [-0.3, -0.25) is 4.79 Å². The van der Waals surface area contributed by atoms with Crippen molar-refractivity contribution in [2.24, 2.45) is 5.14 Å². The number of rotatable bonds is 7. The van der Waals surface area contributed by atoms with E-state index < -0.39 is 10.0 Å². The number of ether oxygens (including phenoxy) is 1. The first kappa shape index (κ1) is 25.7. The molecule has 0 saturated carbocycles. The second-order valence-electron chi connectivity index (χ2n) is 8.35. The number of carbonyl (C=O) groups excluding carboxylic acids is 1. The summed E-state index contributed by atoms with van der Waals surface area (Å²) in [6.07, 6.45) is 1.66. The van der Waals surface area contributed by atoms with E-state index in [0.29, 0.717) is 57.9 Å². The van der Waals surface area contributed by atoms with Crippen LogP contribution in [0.4, 0.5) is 5.69 Å². The number of anilines is 1. The summed E-state index contributed by atoms with van der Waals surface area (Å²) < 4.78 is 30.8. The second kappa shape index (κ2) is 10.4. The molecule has 2 aromatic heterocycles. The fourth-order valence-corrected chi connectivity index (χ4v) is 6.11. The van der Waals surface area contributed by atoms with E-state index in [2.05, 4.69) is 20.2 Å². The molecule has 194 valence electrons. The smallest absolute Gasteiger partial charge is 0.265 e. The molecule has 0 aliphatic carbocycles. The van der Waals surface area contributed by atoms with E-state index in [4.69, 9.17) is 33.1 Å². The Hall–Kier alpha value is -2.97. The van der Waals surface area contributed by atoms with Crippen LogP contribution in [0.15, 0.2) is 46.9 Å². The number of primary sulfonamides is 1. The molecule has 3 heterocycles. The first-order valence-electron chi connectivity index (χ1n) is 11.1. The normalized spacial score (nSPS) is 14.4. The van der Waals surface area contributed by atoms with Crippen LogP contribution in [0.1, 0.15) is 5.69 Å². The molecule has 1 aliphatic rings. The molecule has 4 aromatic rings. The summed E-state index contributed by atoms with van der Waals surface area (Å²) in [6.45, 7) is 2.67. The quantitative estimate of drug-likeness (QED) is 0.351. The van der Waals surface area contributed by atoms with Gasteiger partial charge < -0.3 is 14.5 Å². The minimum atomic E-state index is -3.86. The predicted molar refractivity (Wildman–Crippen MR) is 141 cm³/mol. The van der Waals surface area contributed by atoms with Gasteiger partial charge in [0.15, 0.2) is 0 Å². The van der Waals surface area contributed by atoms with Crippen molar-refractivity contribution < 1.29 is 17.9 Å². The lowest BCUT2D eigenvalue weighted by atomic mass is 10.2. The van der Waals surface area contributed by atoms with Crippen molar-refractivity contribution in [1.29, 1.82) is 0 Å². The monoisotopic (exact) mass is 581 g/mol. The summed E-state index contributed by atoms with van der Waals surface area (Å²) >= 11 is 13.2. The Morgan fingerprint density at radius 2 is 1.81 bits per heavy atom. The van der Waals surface area contributed by atoms with Crippen LogP contribution in [0, 0.1) is 0 Å². The highest BCUT2D eigenvalue weighted by atomic mass is 35.5. The predicted octanol–water partition coefficient (Wildman–Crippen LogP) is 2.77. The highest BCUT2D eigenvalue weighted by Crippen LogP contribution is 2.29. The van der Waals surface area contributed by atoms with Gasteiger partial charge >= 0.3 is 0 Å². The topological polar surface area (TPSA) is 137 Å². The van der Waals surface area contributed by atoms with E-state index in [1.807, 2.05) is 12.1 Å². The molecule has 0 radical (unpaired) electrons. The number of thiazole rings is 1. The van der Waals surface area contributed by atoms with Gasteiger partial charge in [-0.1, -0.05) is 28.4 Å². The summed E-state index contributed by atoms with van der Waals surface area (Å²) in [5.41, 5.74) is 2.00. The molecule has 2 aromatic carbocycles. The Kier molecular flexibility index (Phi) is 7.23. The maximum absolute atomic E-state index is 12.8. The summed E-state index contributed by atoms with van der Waals surface area (Å²) in [7, 11) is -3.86. The zero-order valence-electron chi connectivity index (χ0n) is 19.3. The molecule has 0 atom stereocenters. The standard InChI is InChI=1S/C22H21Cl2N7O4S2/c23-14-7-15(24)9-17(8-14)29-3-5-30(6-4-29)21(32)12-31-11-16(27-28-31)13-35-18-1-2-19-20(10-18)36-22(26-19)37(25,33)34/h1-2,7-11H,3-6,12-13H2,(H2,25,33,34). The fourth-order valence-electron chi connectivity index (χ4n) is 3.91. The number of nitrogens with zero attached hydrogens (tertiary/aromatic N) is 6. The van der Waals surface area contributed by atoms with Crippen LogP contribution in [-0.2, 0) is 28.0 Å². The van der Waals surface area contributed by atoms with Gasteiger partial charge in [0.05, 0.1) is 16.4 Å². The average Bonchev–Trinajstić information content (AvgIpc) is 3.48. The highest BCUT2D eigenvalue weighted by Gasteiger charge is 2.22. The van der Waals surface area contributed by atoms with Gasteiger partial charge in [0.25, 0.3) is 10.0 Å². The first-order chi connectivity index (χ1) is 17.6. The Morgan fingerprint density at radius 1 is 1.08 bits per heavy atom. The molecular formula is C22H21Cl2N7O4S2. The zero-order chi connectivity index (χ0) is 26.2. The molecule has 1 amide bonds. The number of halogens is 2. The maximum Gasteiger partial charge on any atom is 0.265 e. The number of hydrogen-bond donors (Lipinski definition) is 1. The number of benzene rings is 2. The third-order valence-electron chi connectivity index (χ3n) is 5.70. The molecule has 1 fully saturated rings.